The second-order valence-corrected chi connectivity index (χ2v) is 5.99. The van der Waals surface area contributed by atoms with Crippen LogP contribution in [-0.4, -0.2) is 27.0 Å². The van der Waals surface area contributed by atoms with E-state index < -0.39 is 0 Å². The van der Waals surface area contributed by atoms with E-state index in [1.807, 2.05) is 24.3 Å². The van der Waals surface area contributed by atoms with E-state index in [0.717, 1.165) is 10.9 Å². The summed E-state index contributed by atoms with van der Waals surface area (Å²) in [4.78, 5) is 8.65. The fourth-order valence-electron chi connectivity index (χ4n) is 2.75. The number of nitrogens with one attached hydrogen (secondary N) is 1. The molecule has 0 saturated heterocycles. The number of nitrogens with zero attached hydrogens (tertiary/aromatic N) is 3. The van der Waals surface area contributed by atoms with Gasteiger partial charge in [0.1, 0.15) is 11.4 Å². The third-order valence-corrected chi connectivity index (χ3v) is 4.31. The van der Waals surface area contributed by atoms with Gasteiger partial charge in [-0.05, 0) is 18.2 Å². The molecular weight excluding hydrogens is 356 g/mol. The molecule has 2 aromatic heterocycles. The van der Waals surface area contributed by atoms with E-state index in [2.05, 4.69) is 20.2 Å². The first-order valence-corrected chi connectivity index (χ1v) is 8.19. The van der Waals surface area contributed by atoms with Gasteiger partial charge in [0.25, 0.3) is 0 Å². The molecule has 0 unspecified atom stereocenters. The largest absolute Gasteiger partial charge is 0.454 e. The minimum Gasteiger partial charge on any atom is -0.454 e. The van der Waals surface area contributed by atoms with Gasteiger partial charge < -0.3 is 14.2 Å². The molecule has 8 heteroatoms. The Bertz CT molecular complexity index is 1130. The Balaban J connectivity index is 1.49. The molecule has 0 bridgehead atoms. The van der Waals surface area contributed by atoms with Crippen LogP contribution in [-0.2, 0) is 0 Å². The lowest BCUT2D eigenvalue weighted by molar-refractivity contribution is 0.174. The lowest BCUT2D eigenvalue weighted by atomic mass is 10.1. The molecule has 3 heterocycles. The van der Waals surface area contributed by atoms with Gasteiger partial charge in [0.2, 0.25) is 6.79 Å². The Morgan fingerprint density at radius 2 is 1.96 bits per heavy atom. The van der Waals surface area contributed by atoms with Crippen molar-refractivity contribution in [2.24, 2.45) is 0 Å². The summed E-state index contributed by atoms with van der Waals surface area (Å²) in [6, 6.07) is 13.0. The third-order valence-electron chi connectivity index (χ3n) is 3.98. The second kappa shape index (κ2) is 5.89. The second-order valence-electron chi connectivity index (χ2n) is 5.58. The molecule has 0 saturated carbocycles. The van der Waals surface area contributed by atoms with Gasteiger partial charge in [0.05, 0.1) is 10.4 Å². The van der Waals surface area contributed by atoms with Crippen molar-refractivity contribution >= 4 is 22.6 Å². The summed E-state index contributed by atoms with van der Waals surface area (Å²) in [5.41, 5.74) is 2.07. The van der Waals surface area contributed by atoms with Crippen LogP contribution in [0.3, 0.4) is 0 Å². The van der Waals surface area contributed by atoms with Crippen molar-refractivity contribution in [3.05, 3.63) is 53.7 Å². The molecule has 0 amide bonds. The van der Waals surface area contributed by atoms with E-state index >= 15 is 0 Å². The molecule has 0 radical (unpaired) electrons. The van der Waals surface area contributed by atoms with Crippen molar-refractivity contribution in [2.75, 3.05) is 6.79 Å². The highest BCUT2D eigenvalue weighted by molar-refractivity contribution is 6.33. The minimum atomic E-state index is 0.200. The molecule has 1 N–H and O–H groups in total. The lowest BCUT2D eigenvalue weighted by Gasteiger charge is -2.05. The van der Waals surface area contributed by atoms with Crippen molar-refractivity contribution in [1.82, 2.24) is 20.2 Å². The molecule has 128 valence electrons. The van der Waals surface area contributed by atoms with Crippen LogP contribution in [0.4, 0.5) is 0 Å². The fourth-order valence-corrected chi connectivity index (χ4v) is 2.97. The molecule has 4 aromatic rings. The van der Waals surface area contributed by atoms with Gasteiger partial charge in [-0.15, -0.1) is 0 Å². The molecule has 1 aliphatic rings. The summed E-state index contributed by atoms with van der Waals surface area (Å²) < 4.78 is 16.3. The Morgan fingerprint density at radius 1 is 1.08 bits per heavy atom. The summed E-state index contributed by atoms with van der Waals surface area (Å²) in [6.45, 7) is 0.209. The zero-order valence-corrected chi connectivity index (χ0v) is 14.0. The molecule has 2 aromatic carbocycles. The molecule has 0 atom stereocenters. The van der Waals surface area contributed by atoms with Gasteiger partial charge >= 0.3 is 6.01 Å². The monoisotopic (exact) mass is 366 g/mol. The van der Waals surface area contributed by atoms with E-state index in [0.29, 0.717) is 33.6 Å². The van der Waals surface area contributed by atoms with Gasteiger partial charge in [-0.1, -0.05) is 29.8 Å². The van der Waals surface area contributed by atoms with Crippen LogP contribution in [0.1, 0.15) is 0 Å². The average Bonchev–Trinajstić information content (AvgIpc) is 3.28. The lowest BCUT2D eigenvalue weighted by Crippen LogP contribution is -1.93. The summed E-state index contributed by atoms with van der Waals surface area (Å²) in [6.07, 6.45) is 1.66. The number of rotatable bonds is 3. The number of hydrogen-bond acceptors (Lipinski definition) is 6. The molecule has 5 rings (SSSR count). The predicted octanol–water partition coefficient (Wildman–Crippen LogP) is 4.19. The highest BCUT2D eigenvalue weighted by atomic mass is 35.5. The summed E-state index contributed by atoms with van der Waals surface area (Å²) in [7, 11) is 0. The number of hydrogen-bond donors (Lipinski definition) is 1. The van der Waals surface area contributed by atoms with E-state index in [9.17, 15) is 0 Å². The van der Waals surface area contributed by atoms with Crippen molar-refractivity contribution in [3.8, 4) is 34.5 Å². The van der Waals surface area contributed by atoms with Gasteiger partial charge in [-0.2, -0.15) is 10.1 Å². The van der Waals surface area contributed by atoms with Gasteiger partial charge in [0, 0.05) is 17.8 Å². The number of halogens is 1. The smallest absolute Gasteiger partial charge is 0.323 e. The number of aromatic nitrogens is 4. The van der Waals surface area contributed by atoms with Crippen LogP contribution in [0.2, 0.25) is 5.02 Å². The Kier molecular flexibility index (Phi) is 3.39. The van der Waals surface area contributed by atoms with Gasteiger partial charge in [0.15, 0.2) is 17.1 Å². The highest BCUT2D eigenvalue weighted by Gasteiger charge is 2.16. The number of benzene rings is 2. The van der Waals surface area contributed by atoms with Crippen molar-refractivity contribution in [3.63, 3.8) is 0 Å². The number of H-pyrrole nitrogens is 1. The van der Waals surface area contributed by atoms with Gasteiger partial charge in [-0.3, -0.25) is 5.10 Å². The maximum atomic E-state index is 6.26. The maximum Gasteiger partial charge on any atom is 0.323 e. The predicted molar refractivity (Wildman–Crippen MR) is 94.8 cm³/mol. The van der Waals surface area contributed by atoms with Gasteiger partial charge in [-0.25, -0.2) is 4.98 Å². The first kappa shape index (κ1) is 15.0. The zero-order chi connectivity index (χ0) is 17.5. The Labute approximate surface area is 152 Å². The van der Waals surface area contributed by atoms with Crippen LogP contribution in [0.5, 0.6) is 23.3 Å². The Morgan fingerprint density at radius 3 is 2.88 bits per heavy atom. The van der Waals surface area contributed by atoms with Crippen LogP contribution in [0, 0.1) is 0 Å². The first-order valence-electron chi connectivity index (χ1n) is 7.81. The number of ether oxygens (including phenoxy) is 3. The maximum absolute atomic E-state index is 6.26. The first-order chi connectivity index (χ1) is 12.8. The van der Waals surface area contributed by atoms with Crippen LogP contribution in [0.25, 0.3) is 22.3 Å². The van der Waals surface area contributed by atoms with Crippen LogP contribution >= 0.6 is 11.6 Å². The zero-order valence-electron chi connectivity index (χ0n) is 13.3. The van der Waals surface area contributed by atoms with E-state index in [-0.39, 0.29) is 12.8 Å². The highest BCUT2D eigenvalue weighted by Crippen LogP contribution is 2.36. The van der Waals surface area contributed by atoms with Crippen molar-refractivity contribution in [2.45, 2.75) is 0 Å². The summed E-state index contributed by atoms with van der Waals surface area (Å²) in [5, 5.41) is 8.59. The van der Waals surface area contributed by atoms with E-state index in [1.54, 1.807) is 24.4 Å². The molecule has 0 fully saturated rings. The molecule has 0 spiro atoms. The third kappa shape index (κ3) is 2.49. The molecule has 7 nitrogen and oxygen atoms in total. The quantitative estimate of drug-likeness (QED) is 0.585. The molecule has 0 aliphatic carbocycles. The van der Waals surface area contributed by atoms with E-state index in [1.165, 1.54) is 0 Å². The van der Waals surface area contributed by atoms with Crippen molar-refractivity contribution in [1.29, 1.82) is 0 Å². The SMILES string of the molecule is Clc1ccccc1-c1n[nH]c2nc(Oc3ccc4c(c3)OCO4)ncc12. The van der Waals surface area contributed by atoms with Crippen LogP contribution in [0.15, 0.2) is 48.7 Å². The molecular formula is C18H11ClN4O3. The summed E-state index contributed by atoms with van der Waals surface area (Å²) in [5.74, 6) is 1.87. The minimum absolute atomic E-state index is 0.200. The van der Waals surface area contributed by atoms with Crippen molar-refractivity contribution < 1.29 is 14.2 Å². The Hall–Kier alpha value is -3.32. The average molecular weight is 367 g/mol. The van der Waals surface area contributed by atoms with E-state index in [4.69, 9.17) is 25.8 Å². The fraction of sp³-hybridized carbons (Fsp3) is 0.0556. The summed E-state index contributed by atoms with van der Waals surface area (Å²) >= 11 is 6.26. The number of aromatic amines is 1. The standard InChI is InChI=1S/C18H11ClN4O3/c19-13-4-2-1-3-11(13)16-12-8-20-18(21-17(12)23-22-16)26-10-5-6-14-15(7-10)25-9-24-14/h1-8H,9H2,(H,20,21,22,23). The normalized spacial score (nSPS) is 12.5. The molecule has 1 aliphatic heterocycles. The van der Waals surface area contributed by atoms with Crippen LogP contribution < -0.4 is 14.2 Å². The topological polar surface area (TPSA) is 82.2 Å². The molecule has 26 heavy (non-hydrogen) atoms. The number of fused-ring (bicyclic) bond motifs is 2.